The molecule has 6 nitrogen and oxygen atoms in total. The first kappa shape index (κ1) is 24.2. The molecule has 2 aliphatic rings. The quantitative estimate of drug-likeness (QED) is 0.421. The van der Waals surface area contributed by atoms with E-state index >= 15 is 0 Å². The van der Waals surface area contributed by atoms with Crippen LogP contribution in [-0.4, -0.2) is 63.0 Å². The first-order valence-corrected chi connectivity index (χ1v) is 13.4. The molecule has 3 rings (SSSR count). The van der Waals surface area contributed by atoms with Gasteiger partial charge in [-0.1, -0.05) is 37.6 Å². The summed E-state index contributed by atoms with van der Waals surface area (Å²) in [6.45, 7) is 8.46. The molecule has 31 heavy (non-hydrogen) atoms. The SMILES string of the molecule is CCNC(=NCc1ccc(CN2CCC(O)CC2)cc1)NC1CCCC(S(=O)CC)C1. The van der Waals surface area contributed by atoms with E-state index in [0.29, 0.717) is 17.8 Å². The van der Waals surface area contributed by atoms with Gasteiger partial charge in [-0.3, -0.25) is 9.11 Å². The summed E-state index contributed by atoms with van der Waals surface area (Å²) >= 11 is 0. The molecule has 1 aromatic rings. The second-order valence-electron chi connectivity index (χ2n) is 8.82. The number of benzene rings is 1. The van der Waals surface area contributed by atoms with Gasteiger partial charge in [-0.2, -0.15) is 0 Å². The van der Waals surface area contributed by atoms with E-state index in [9.17, 15) is 9.32 Å². The second-order valence-corrected chi connectivity index (χ2v) is 10.8. The zero-order valence-electron chi connectivity index (χ0n) is 19.2. The van der Waals surface area contributed by atoms with E-state index in [-0.39, 0.29) is 6.10 Å². The Morgan fingerprint density at radius 2 is 1.84 bits per heavy atom. The topological polar surface area (TPSA) is 77.0 Å². The molecule has 1 saturated carbocycles. The summed E-state index contributed by atoms with van der Waals surface area (Å²) < 4.78 is 12.2. The van der Waals surface area contributed by atoms with Crippen LogP contribution < -0.4 is 10.6 Å². The highest BCUT2D eigenvalue weighted by Gasteiger charge is 2.26. The first-order chi connectivity index (χ1) is 15.1. The van der Waals surface area contributed by atoms with Gasteiger partial charge in [0.2, 0.25) is 0 Å². The number of aliphatic hydroxyl groups excluding tert-OH is 1. The van der Waals surface area contributed by atoms with E-state index < -0.39 is 10.8 Å². The minimum Gasteiger partial charge on any atom is -0.393 e. The van der Waals surface area contributed by atoms with Crippen molar-refractivity contribution in [3.05, 3.63) is 35.4 Å². The van der Waals surface area contributed by atoms with Crippen LogP contribution in [0.25, 0.3) is 0 Å². The number of hydrogen-bond donors (Lipinski definition) is 3. The number of rotatable bonds is 8. The number of hydrogen-bond acceptors (Lipinski definition) is 4. The number of nitrogens with zero attached hydrogens (tertiary/aromatic N) is 2. The van der Waals surface area contributed by atoms with E-state index in [4.69, 9.17) is 4.99 Å². The second kappa shape index (κ2) is 12.6. The molecule has 1 aliphatic heterocycles. The monoisotopic (exact) mass is 448 g/mol. The van der Waals surface area contributed by atoms with Crippen molar-refractivity contribution in [2.45, 2.75) is 82.9 Å². The predicted molar refractivity (Wildman–Crippen MR) is 130 cm³/mol. The fourth-order valence-corrected chi connectivity index (χ4v) is 5.87. The lowest BCUT2D eigenvalue weighted by Gasteiger charge is -2.30. The molecular formula is C24H40N4O2S. The largest absolute Gasteiger partial charge is 0.393 e. The van der Waals surface area contributed by atoms with Gasteiger partial charge in [0, 0.05) is 54.0 Å². The third-order valence-corrected chi connectivity index (χ3v) is 8.11. The van der Waals surface area contributed by atoms with Gasteiger partial charge in [0.05, 0.1) is 12.6 Å². The van der Waals surface area contributed by atoms with Gasteiger partial charge >= 0.3 is 0 Å². The summed E-state index contributed by atoms with van der Waals surface area (Å²) in [5, 5.41) is 16.9. The first-order valence-electron chi connectivity index (χ1n) is 12.0. The normalized spacial score (nSPS) is 24.7. The van der Waals surface area contributed by atoms with Gasteiger partial charge in [0.1, 0.15) is 0 Å². The Kier molecular flexibility index (Phi) is 9.81. The van der Waals surface area contributed by atoms with Crippen molar-refractivity contribution in [3.63, 3.8) is 0 Å². The lowest BCUT2D eigenvalue weighted by Crippen LogP contribution is -2.46. The minimum absolute atomic E-state index is 0.121. The molecule has 0 aromatic heterocycles. The minimum atomic E-state index is -0.709. The molecule has 2 fully saturated rings. The Hall–Kier alpha value is -1.44. The number of aliphatic hydroxyl groups is 1. The van der Waals surface area contributed by atoms with Crippen molar-refractivity contribution in [3.8, 4) is 0 Å². The van der Waals surface area contributed by atoms with Gasteiger partial charge < -0.3 is 15.7 Å². The molecule has 0 amide bonds. The summed E-state index contributed by atoms with van der Waals surface area (Å²) in [6, 6.07) is 9.08. The van der Waals surface area contributed by atoms with Gasteiger partial charge in [0.15, 0.2) is 5.96 Å². The molecule has 0 spiro atoms. The van der Waals surface area contributed by atoms with E-state index in [1.54, 1.807) is 0 Å². The molecule has 3 atom stereocenters. The number of nitrogens with one attached hydrogen (secondary N) is 2. The van der Waals surface area contributed by atoms with Crippen LogP contribution in [0.15, 0.2) is 29.3 Å². The van der Waals surface area contributed by atoms with Crippen LogP contribution >= 0.6 is 0 Å². The molecule has 3 unspecified atom stereocenters. The average Bonchev–Trinajstić information content (AvgIpc) is 2.80. The van der Waals surface area contributed by atoms with Gasteiger partial charge in [-0.25, -0.2) is 4.99 Å². The van der Waals surface area contributed by atoms with Crippen LogP contribution in [0.1, 0.15) is 63.5 Å². The molecule has 3 N–H and O–H groups in total. The number of likely N-dealkylation sites (tertiary alicyclic amines) is 1. The van der Waals surface area contributed by atoms with Crippen molar-refractivity contribution < 1.29 is 9.32 Å². The molecule has 174 valence electrons. The Balaban J connectivity index is 1.52. The van der Waals surface area contributed by atoms with Crippen LogP contribution in [0.3, 0.4) is 0 Å². The molecule has 1 heterocycles. The fraction of sp³-hybridized carbons (Fsp3) is 0.708. The van der Waals surface area contributed by atoms with Crippen LogP contribution in [0, 0.1) is 0 Å². The molecule has 1 saturated heterocycles. The molecular weight excluding hydrogens is 408 g/mol. The third-order valence-electron chi connectivity index (χ3n) is 6.37. The lowest BCUT2D eigenvalue weighted by atomic mass is 9.95. The zero-order chi connectivity index (χ0) is 22.1. The molecule has 0 radical (unpaired) electrons. The van der Waals surface area contributed by atoms with Crippen LogP contribution in [0.4, 0.5) is 0 Å². The third kappa shape index (κ3) is 7.88. The van der Waals surface area contributed by atoms with Crippen molar-refractivity contribution in [1.29, 1.82) is 0 Å². The van der Waals surface area contributed by atoms with Crippen molar-refractivity contribution in [2.75, 3.05) is 25.4 Å². The maximum atomic E-state index is 12.2. The van der Waals surface area contributed by atoms with E-state index in [2.05, 4.69) is 46.7 Å². The molecule has 1 aromatic carbocycles. The Bertz CT molecular complexity index is 717. The van der Waals surface area contributed by atoms with Crippen LogP contribution in [0.5, 0.6) is 0 Å². The van der Waals surface area contributed by atoms with Crippen LogP contribution in [-0.2, 0) is 23.9 Å². The van der Waals surface area contributed by atoms with E-state index in [1.165, 1.54) is 11.1 Å². The molecule has 7 heteroatoms. The molecule has 0 bridgehead atoms. The number of aliphatic imine (C=N–C) groups is 1. The zero-order valence-corrected chi connectivity index (χ0v) is 20.0. The summed E-state index contributed by atoms with van der Waals surface area (Å²) in [5.41, 5.74) is 2.51. The van der Waals surface area contributed by atoms with Gasteiger partial charge in [-0.15, -0.1) is 0 Å². The van der Waals surface area contributed by atoms with Crippen molar-refractivity contribution in [1.82, 2.24) is 15.5 Å². The lowest BCUT2D eigenvalue weighted by molar-refractivity contribution is 0.0792. The van der Waals surface area contributed by atoms with E-state index in [1.807, 2.05) is 6.92 Å². The highest BCUT2D eigenvalue weighted by atomic mass is 32.2. The molecule has 1 aliphatic carbocycles. The standard InChI is InChI=1S/C24H40N4O2S/c1-3-25-24(27-21-6-5-7-23(16-21)31(30)4-2)26-17-19-8-10-20(11-9-19)18-28-14-12-22(29)13-15-28/h8-11,21-23,29H,3-7,12-18H2,1-2H3,(H2,25,26,27). The number of piperidine rings is 1. The van der Waals surface area contributed by atoms with Gasteiger partial charge in [-0.05, 0) is 50.2 Å². The Labute approximate surface area is 190 Å². The summed E-state index contributed by atoms with van der Waals surface area (Å²) in [4.78, 5) is 7.21. The Morgan fingerprint density at radius 3 is 2.52 bits per heavy atom. The summed E-state index contributed by atoms with van der Waals surface area (Å²) in [6.07, 6.45) is 5.93. The Morgan fingerprint density at radius 1 is 1.13 bits per heavy atom. The number of guanidine groups is 1. The van der Waals surface area contributed by atoms with Crippen molar-refractivity contribution in [2.24, 2.45) is 4.99 Å². The van der Waals surface area contributed by atoms with E-state index in [0.717, 1.165) is 76.4 Å². The van der Waals surface area contributed by atoms with Crippen LogP contribution in [0.2, 0.25) is 0 Å². The highest BCUT2D eigenvalue weighted by Crippen LogP contribution is 2.23. The summed E-state index contributed by atoms with van der Waals surface area (Å²) in [5.74, 6) is 1.60. The van der Waals surface area contributed by atoms with Gasteiger partial charge in [0.25, 0.3) is 0 Å². The highest BCUT2D eigenvalue weighted by molar-refractivity contribution is 7.85. The predicted octanol–water partition coefficient (Wildman–Crippen LogP) is 2.78. The summed E-state index contributed by atoms with van der Waals surface area (Å²) in [7, 11) is -0.709. The smallest absolute Gasteiger partial charge is 0.191 e. The maximum Gasteiger partial charge on any atom is 0.191 e. The maximum absolute atomic E-state index is 12.2. The fourth-order valence-electron chi connectivity index (χ4n) is 4.52. The van der Waals surface area contributed by atoms with Crippen molar-refractivity contribution >= 4 is 16.8 Å². The average molecular weight is 449 g/mol.